The minimum atomic E-state index is -1.78. The van der Waals surface area contributed by atoms with E-state index >= 15 is 0 Å². The zero-order valence-corrected chi connectivity index (χ0v) is 6.25. The van der Waals surface area contributed by atoms with Crippen LogP contribution in [0.5, 0.6) is 0 Å². The molecule has 1 heterocycles. The molecular formula is C8H15N2+. The van der Waals surface area contributed by atoms with E-state index in [9.17, 15) is 0 Å². The van der Waals surface area contributed by atoms with Gasteiger partial charge < -0.3 is 0 Å². The Morgan fingerprint density at radius 3 is 3.20 bits per heavy atom. The highest BCUT2D eigenvalue weighted by Crippen LogP contribution is 1.91. The van der Waals surface area contributed by atoms with Crippen molar-refractivity contribution < 1.29 is 8.68 Å². The Hall–Kier alpha value is -0.790. The van der Waals surface area contributed by atoms with Crippen LogP contribution in [-0.4, -0.2) is 4.57 Å². The van der Waals surface area contributed by atoms with E-state index < -0.39 is 6.85 Å². The van der Waals surface area contributed by atoms with Gasteiger partial charge in [-0.15, -0.1) is 0 Å². The maximum atomic E-state index is 7.02. The van der Waals surface area contributed by atoms with Gasteiger partial charge in [0.2, 0.25) is 6.33 Å². The van der Waals surface area contributed by atoms with Crippen molar-refractivity contribution in [1.82, 2.24) is 4.57 Å². The third-order valence-electron chi connectivity index (χ3n) is 1.42. The number of aryl methyl sites for hydroxylation is 2. The molecule has 0 aromatic carbocycles. The standard InChI is InChI=1S/C8H15N2/c1-3-4-5-10-7-6-9(2)8-10/h6-8H,3-5H2,1-2H3/q+1/i1D3. The van der Waals surface area contributed by atoms with Crippen molar-refractivity contribution in [2.24, 2.45) is 7.05 Å². The maximum absolute atomic E-state index is 7.02. The van der Waals surface area contributed by atoms with E-state index in [0.717, 1.165) is 6.54 Å². The van der Waals surface area contributed by atoms with Crippen LogP contribution in [0.2, 0.25) is 0 Å². The Bertz CT molecular complexity index is 265. The molecule has 0 atom stereocenters. The molecule has 1 rings (SSSR count). The van der Waals surface area contributed by atoms with Gasteiger partial charge in [0.15, 0.2) is 0 Å². The second-order valence-corrected chi connectivity index (χ2v) is 2.42. The first-order valence-corrected chi connectivity index (χ1v) is 3.48. The summed E-state index contributed by atoms with van der Waals surface area (Å²) in [6.45, 7) is -1.01. The van der Waals surface area contributed by atoms with Crippen molar-refractivity contribution in [3.05, 3.63) is 18.7 Å². The predicted molar refractivity (Wildman–Crippen MR) is 40.5 cm³/mol. The lowest BCUT2D eigenvalue weighted by Gasteiger charge is -1.90. The Balaban J connectivity index is 2.28. The zero-order valence-electron chi connectivity index (χ0n) is 9.25. The Morgan fingerprint density at radius 1 is 1.70 bits per heavy atom. The molecule has 0 bridgehead atoms. The Morgan fingerprint density at radius 2 is 2.60 bits per heavy atom. The summed E-state index contributed by atoms with van der Waals surface area (Å²) in [5, 5.41) is 0. The summed E-state index contributed by atoms with van der Waals surface area (Å²) in [6, 6.07) is 0. The van der Waals surface area contributed by atoms with E-state index in [0.29, 0.717) is 6.42 Å². The molecule has 1 aromatic heterocycles. The lowest BCUT2D eigenvalue weighted by Crippen LogP contribution is -2.23. The smallest absolute Gasteiger partial charge is 0.240 e. The number of hydrogen-bond donors (Lipinski definition) is 0. The van der Waals surface area contributed by atoms with Gasteiger partial charge in [0.1, 0.15) is 12.4 Å². The zero-order chi connectivity index (χ0) is 9.90. The molecule has 0 aliphatic rings. The van der Waals surface area contributed by atoms with E-state index in [2.05, 4.69) is 0 Å². The van der Waals surface area contributed by atoms with Gasteiger partial charge >= 0.3 is 0 Å². The van der Waals surface area contributed by atoms with Crippen LogP contribution >= 0.6 is 0 Å². The van der Waals surface area contributed by atoms with Gasteiger partial charge in [-0.3, -0.25) is 0 Å². The first-order chi connectivity index (χ1) is 5.97. The lowest BCUT2D eigenvalue weighted by atomic mass is 10.3. The molecule has 0 amide bonds. The second-order valence-electron chi connectivity index (χ2n) is 2.42. The Labute approximate surface area is 66.3 Å². The fourth-order valence-corrected chi connectivity index (χ4v) is 0.896. The fraction of sp³-hybridized carbons (Fsp3) is 0.625. The quantitative estimate of drug-likeness (QED) is 0.559. The van der Waals surface area contributed by atoms with Gasteiger partial charge in [-0.05, 0) is 6.42 Å². The number of imidazole rings is 1. The van der Waals surface area contributed by atoms with Crippen molar-refractivity contribution in [2.75, 3.05) is 0 Å². The lowest BCUT2D eigenvalue weighted by molar-refractivity contribution is -0.671. The van der Waals surface area contributed by atoms with E-state index in [4.69, 9.17) is 4.11 Å². The van der Waals surface area contributed by atoms with Gasteiger partial charge in [-0.2, -0.15) is 0 Å². The van der Waals surface area contributed by atoms with Gasteiger partial charge in [-0.25, -0.2) is 9.13 Å². The highest BCUT2D eigenvalue weighted by molar-refractivity contribution is 4.65. The topological polar surface area (TPSA) is 8.81 Å². The molecule has 0 fully saturated rings. The highest BCUT2D eigenvalue weighted by Gasteiger charge is 1.96. The molecule has 0 saturated carbocycles. The van der Waals surface area contributed by atoms with E-state index in [1.807, 2.05) is 34.9 Å². The first-order valence-electron chi connectivity index (χ1n) is 4.98. The number of hydrogen-bond acceptors (Lipinski definition) is 0. The van der Waals surface area contributed by atoms with Gasteiger partial charge in [0.25, 0.3) is 0 Å². The monoisotopic (exact) mass is 142 g/mol. The van der Waals surface area contributed by atoms with Crippen molar-refractivity contribution >= 4 is 0 Å². The third kappa shape index (κ3) is 1.87. The molecule has 2 nitrogen and oxygen atoms in total. The summed E-state index contributed by atoms with van der Waals surface area (Å²) in [5.74, 6) is 0. The molecule has 0 N–H and O–H groups in total. The molecule has 56 valence electrons. The van der Waals surface area contributed by atoms with Crippen LogP contribution < -0.4 is 4.57 Å². The van der Waals surface area contributed by atoms with Crippen LogP contribution in [0.25, 0.3) is 0 Å². The fourth-order valence-electron chi connectivity index (χ4n) is 0.896. The van der Waals surface area contributed by atoms with Crippen LogP contribution in [0.1, 0.15) is 23.8 Å². The summed E-state index contributed by atoms with van der Waals surface area (Å²) in [7, 11) is 1.94. The first kappa shape index (κ1) is 4.16. The summed E-state index contributed by atoms with van der Waals surface area (Å²) >= 11 is 0. The Kier molecular flexibility index (Phi) is 1.41. The molecule has 10 heavy (non-hydrogen) atoms. The van der Waals surface area contributed by atoms with Crippen molar-refractivity contribution in [1.29, 1.82) is 0 Å². The average molecular weight is 142 g/mol. The summed E-state index contributed by atoms with van der Waals surface area (Å²) in [6.07, 6.45) is 6.81. The van der Waals surface area contributed by atoms with E-state index in [1.54, 1.807) is 0 Å². The van der Waals surface area contributed by atoms with E-state index in [1.165, 1.54) is 0 Å². The van der Waals surface area contributed by atoms with Gasteiger partial charge in [0.05, 0.1) is 13.6 Å². The highest BCUT2D eigenvalue weighted by atomic mass is 15.1. The SMILES string of the molecule is [2H]C([2H])([2H])CCCn1cc[n+](C)c1. The van der Waals surface area contributed by atoms with Crippen LogP contribution in [0, 0.1) is 0 Å². The molecule has 0 aliphatic carbocycles. The average Bonchev–Trinajstić information content (AvgIpc) is 2.33. The van der Waals surface area contributed by atoms with Gasteiger partial charge in [0, 0.05) is 4.11 Å². The minimum Gasteiger partial charge on any atom is -0.240 e. The number of nitrogens with zero attached hydrogens (tertiary/aromatic N) is 2. The molecule has 0 spiro atoms. The van der Waals surface area contributed by atoms with E-state index in [-0.39, 0.29) is 6.42 Å². The molecular weight excluding hydrogens is 124 g/mol. The van der Waals surface area contributed by atoms with Crippen molar-refractivity contribution in [2.45, 2.75) is 26.2 Å². The molecule has 0 aliphatic heterocycles. The largest absolute Gasteiger partial charge is 0.243 e. The normalized spacial score (nSPS) is 15.9. The molecule has 0 radical (unpaired) electrons. The van der Waals surface area contributed by atoms with Crippen molar-refractivity contribution in [3.63, 3.8) is 0 Å². The molecule has 1 aromatic rings. The van der Waals surface area contributed by atoms with Gasteiger partial charge in [-0.1, -0.05) is 13.3 Å². The minimum absolute atomic E-state index is 0.287. The predicted octanol–water partition coefficient (Wildman–Crippen LogP) is 1.11. The summed E-state index contributed by atoms with van der Waals surface area (Å²) in [5.41, 5.74) is 0. The van der Waals surface area contributed by atoms with Crippen molar-refractivity contribution in [3.8, 4) is 0 Å². The number of aromatic nitrogens is 2. The van der Waals surface area contributed by atoms with Crippen LogP contribution in [-0.2, 0) is 13.6 Å². The molecule has 2 heteroatoms. The molecule has 0 unspecified atom stereocenters. The maximum Gasteiger partial charge on any atom is 0.243 e. The van der Waals surface area contributed by atoms with Crippen LogP contribution in [0.3, 0.4) is 0 Å². The summed E-state index contributed by atoms with van der Waals surface area (Å²) < 4.78 is 25.0. The number of rotatable bonds is 3. The van der Waals surface area contributed by atoms with Crippen LogP contribution in [0.4, 0.5) is 0 Å². The summed E-state index contributed by atoms with van der Waals surface area (Å²) in [4.78, 5) is 0. The molecule has 0 saturated heterocycles. The third-order valence-corrected chi connectivity index (χ3v) is 1.42. The van der Waals surface area contributed by atoms with Crippen LogP contribution in [0.15, 0.2) is 18.7 Å². The second kappa shape index (κ2) is 3.40.